The second-order valence-electron chi connectivity index (χ2n) is 5.87. The maximum absolute atomic E-state index is 12.3. The van der Waals surface area contributed by atoms with Gasteiger partial charge in [-0.05, 0) is 66.7 Å². The van der Waals surface area contributed by atoms with Crippen molar-refractivity contribution in [2.24, 2.45) is 4.99 Å². The maximum atomic E-state index is 12.3. The average Bonchev–Trinajstić information content (AvgIpc) is 3.29. The lowest BCUT2D eigenvalue weighted by Crippen LogP contribution is -2.19. The molecule has 144 valence electrons. The van der Waals surface area contributed by atoms with Crippen molar-refractivity contribution in [2.75, 3.05) is 20.5 Å². The molecular weight excluding hydrogens is 380 g/mol. The van der Waals surface area contributed by atoms with Gasteiger partial charge in [0.2, 0.25) is 12.5 Å². The number of fused-ring (bicyclic) bond motifs is 1. The summed E-state index contributed by atoms with van der Waals surface area (Å²) in [5.74, 6) is 2.32. The van der Waals surface area contributed by atoms with E-state index in [-0.39, 0.29) is 12.7 Å². The summed E-state index contributed by atoms with van der Waals surface area (Å²) in [7, 11) is 1.56. The van der Waals surface area contributed by atoms with Gasteiger partial charge in [-0.2, -0.15) is 0 Å². The van der Waals surface area contributed by atoms with E-state index in [9.17, 15) is 4.79 Å². The van der Waals surface area contributed by atoms with E-state index in [0.717, 1.165) is 17.0 Å². The van der Waals surface area contributed by atoms with Crippen LogP contribution in [0.1, 0.15) is 12.5 Å². The Morgan fingerprint density at radius 2 is 2.07 bits per heavy atom. The van der Waals surface area contributed by atoms with Gasteiger partial charge in [0.25, 0.3) is 5.91 Å². The van der Waals surface area contributed by atoms with Crippen LogP contribution in [0, 0.1) is 0 Å². The van der Waals surface area contributed by atoms with Gasteiger partial charge in [0, 0.05) is 0 Å². The average molecular weight is 398 g/mol. The molecule has 0 saturated carbocycles. The van der Waals surface area contributed by atoms with Crippen molar-refractivity contribution in [1.29, 1.82) is 0 Å². The molecule has 1 fully saturated rings. The number of methoxy groups -OCH3 is 1. The molecule has 0 radical (unpaired) electrons. The first-order valence-corrected chi connectivity index (χ1v) is 9.48. The van der Waals surface area contributed by atoms with Crippen molar-refractivity contribution in [2.45, 2.75) is 6.92 Å². The highest BCUT2D eigenvalue weighted by Crippen LogP contribution is 2.42. The smallest absolute Gasteiger partial charge is 0.264 e. The zero-order valence-corrected chi connectivity index (χ0v) is 16.2. The third kappa shape index (κ3) is 3.77. The third-order valence-corrected chi connectivity index (χ3v) is 4.92. The Hall–Kier alpha value is -3.13. The molecule has 2 aliphatic heterocycles. The number of carbonyl (C=O) groups excluding carboxylic acids is 1. The fourth-order valence-corrected chi connectivity index (χ4v) is 3.61. The second kappa shape index (κ2) is 7.85. The van der Waals surface area contributed by atoms with E-state index < -0.39 is 0 Å². The largest absolute Gasteiger partial charge is 0.494 e. The van der Waals surface area contributed by atoms with Crippen LogP contribution in [0.3, 0.4) is 0 Å². The summed E-state index contributed by atoms with van der Waals surface area (Å²) < 4.78 is 21.6. The van der Waals surface area contributed by atoms with Gasteiger partial charge in [0.15, 0.2) is 16.7 Å². The molecule has 0 atom stereocenters. The lowest BCUT2D eigenvalue weighted by Gasteiger charge is -2.06. The number of rotatable bonds is 5. The van der Waals surface area contributed by atoms with E-state index in [1.807, 2.05) is 37.3 Å². The highest BCUT2D eigenvalue weighted by atomic mass is 32.2. The van der Waals surface area contributed by atoms with Gasteiger partial charge in [0.05, 0.1) is 24.3 Å². The molecule has 0 unspecified atom stereocenters. The molecule has 2 heterocycles. The van der Waals surface area contributed by atoms with Crippen LogP contribution in [0.4, 0.5) is 5.69 Å². The van der Waals surface area contributed by atoms with Crippen molar-refractivity contribution in [1.82, 2.24) is 5.32 Å². The van der Waals surface area contributed by atoms with Crippen molar-refractivity contribution < 1.29 is 23.7 Å². The van der Waals surface area contributed by atoms with E-state index in [0.29, 0.717) is 33.9 Å². The molecule has 0 aromatic heterocycles. The van der Waals surface area contributed by atoms with Crippen LogP contribution in [0.25, 0.3) is 6.08 Å². The number of amidine groups is 1. The van der Waals surface area contributed by atoms with Gasteiger partial charge in [-0.15, -0.1) is 0 Å². The summed E-state index contributed by atoms with van der Waals surface area (Å²) >= 11 is 1.28. The molecule has 0 aliphatic carbocycles. The van der Waals surface area contributed by atoms with Crippen LogP contribution < -0.4 is 24.3 Å². The first-order valence-electron chi connectivity index (χ1n) is 8.66. The molecule has 1 amide bonds. The molecule has 2 aromatic carbocycles. The van der Waals surface area contributed by atoms with E-state index >= 15 is 0 Å². The Labute approximate surface area is 166 Å². The number of ether oxygens (including phenoxy) is 4. The predicted octanol–water partition coefficient (Wildman–Crippen LogP) is 3.71. The van der Waals surface area contributed by atoms with Crippen LogP contribution in [0.5, 0.6) is 23.0 Å². The molecule has 1 saturated heterocycles. The number of carbonyl (C=O) groups is 1. The SMILES string of the molecule is CCOc1ccc(N=C2NC(=O)/C(=C\c3cc(OC)c4c(c3)OCO4)S2)cc1. The number of nitrogens with zero attached hydrogens (tertiary/aromatic N) is 1. The minimum Gasteiger partial charge on any atom is -0.494 e. The summed E-state index contributed by atoms with van der Waals surface area (Å²) in [6.45, 7) is 2.70. The molecule has 8 heteroatoms. The predicted molar refractivity (Wildman–Crippen MR) is 108 cm³/mol. The van der Waals surface area contributed by atoms with Crippen molar-refractivity contribution >= 4 is 34.6 Å². The van der Waals surface area contributed by atoms with Gasteiger partial charge < -0.3 is 24.3 Å². The van der Waals surface area contributed by atoms with Gasteiger partial charge in [-0.25, -0.2) is 4.99 Å². The summed E-state index contributed by atoms with van der Waals surface area (Å²) in [5, 5.41) is 3.30. The number of benzene rings is 2. The van der Waals surface area contributed by atoms with Crippen molar-refractivity contribution in [3.05, 3.63) is 46.9 Å². The van der Waals surface area contributed by atoms with Crippen molar-refractivity contribution in [3.8, 4) is 23.0 Å². The Kier molecular flexibility index (Phi) is 5.12. The Balaban J connectivity index is 1.55. The van der Waals surface area contributed by atoms with Crippen LogP contribution >= 0.6 is 11.8 Å². The number of aliphatic imine (C=N–C) groups is 1. The summed E-state index contributed by atoms with van der Waals surface area (Å²) in [4.78, 5) is 17.3. The van der Waals surface area contributed by atoms with Crippen LogP contribution in [0.2, 0.25) is 0 Å². The number of hydrogen-bond acceptors (Lipinski definition) is 7. The molecule has 7 nitrogen and oxygen atoms in total. The molecular formula is C20H18N2O5S. The first kappa shape index (κ1) is 18.2. The molecule has 1 N–H and O–H groups in total. The number of nitrogens with one attached hydrogen (secondary N) is 1. The molecule has 4 rings (SSSR count). The van der Waals surface area contributed by atoms with E-state index in [1.54, 1.807) is 19.3 Å². The minimum absolute atomic E-state index is 0.153. The summed E-state index contributed by atoms with van der Waals surface area (Å²) in [6, 6.07) is 11.0. The third-order valence-electron chi connectivity index (χ3n) is 4.01. The van der Waals surface area contributed by atoms with E-state index in [4.69, 9.17) is 18.9 Å². The minimum atomic E-state index is -0.202. The van der Waals surface area contributed by atoms with Crippen molar-refractivity contribution in [3.63, 3.8) is 0 Å². The van der Waals surface area contributed by atoms with Crippen LogP contribution in [-0.4, -0.2) is 31.6 Å². The molecule has 2 aliphatic rings. The first-order chi connectivity index (χ1) is 13.7. The van der Waals surface area contributed by atoms with E-state index in [2.05, 4.69) is 10.3 Å². The lowest BCUT2D eigenvalue weighted by molar-refractivity contribution is -0.115. The maximum Gasteiger partial charge on any atom is 0.264 e. The topological polar surface area (TPSA) is 78.4 Å². The summed E-state index contributed by atoms with van der Waals surface area (Å²) in [5.41, 5.74) is 1.51. The van der Waals surface area contributed by atoms with Gasteiger partial charge in [0.1, 0.15) is 5.75 Å². The number of thioether (sulfide) groups is 1. The van der Waals surface area contributed by atoms with Gasteiger partial charge in [-0.3, -0.25) is 4.79 Å². The van der Waals surface area contributed by atoms with Gasteiger partial charge >= 0.3 is 0 Å². The Morgan fingerprint density at radius 1 is 1.25 bits per heavy atom. The number of hydrogen-bond donors (Lipinski definition) is 1. The lowest BCUT2D eigenvalue weighted by atomic mass is 10.1. The molecule has 0 bridgehead atoms. The highest BCUT2D eigenvalue weighted by molar-refractivity contribution is 8.18. The zero-order chi connectivity index (χ0) is 19.5. The molecule has 2 aromatic rings. The Morgan fingerprint density at radius 3 is 2.82 bits per heavy atom. The zero-order valence-electron chi connectivity index (χ0n) is 15.4. The fraction of sp³-hybridized carbons (Fsp3) is 0.200. The summed E-state index contributed by atoms with van der Waals surface area (Å²) in [6.07, 6.45) is 1.77. The van der Waals surface area contributed by atoms with E-state index in [1.165, 1.54) is 11.8 Å². The highest BCUT2D eigenvalue weighted by Gasteiger charge is 2.25. The normalized spacial score (nSPS) is 17.9. The standard InChI is InChI=1S/C20H18N2O5S/c1-3-25-14-6-4-13(5-7-14)21-20-22-19(23)17(28-20)10-12-8-15(24-2)18-16(9-12)26-11-27-18/h4-10H,3,11H2,1-2H3,(H,21,22,23)/b17-10+. The monoisotopic (exact) mass is 398 g/mol. The second-order valence-corrected chi connectivity index (χ2v) is 6.90. The quantitative estimate of drug-likeness (QED) is 0.774. The molecule has 28 heavy (non-hydrogen) atoms. The van der Waals surface area contributed by atoms with Gasteiger partial charge in [-0.1, -0.05) is 0 Å². The van der Waals surface area contributed by atoms with Crippen LogP contribution in [0.15, 0.2) is 46.3 Å². The number of amides is 1. The fourth-order valence-electron chi connectivity index (χ4n) is 2.77. The Bertz CT molecular complexity index is 969. The van der Waals surface area contributed by atoms with Crippen LogP contribution in [-0.2, 0) is 4.79 Å². The molecule has 0 spiro atoms.